The maximum absolute atomic E-state index is 12.9. The largest absolute Gasteiger partial charge is 0.454 e. The number of hydrogen-bond donors (Lipinski definition) is 3. The second-order valence-electron chi connectivity index (χ2n) is 7.56. The fourth-order valence-corrected chi connectivity index (χ4v) is 3.83. The molecule has 0 bridgehead atoms. The molecule has 2 atom stereocenters. The van der Waals surface area contributed by atoms with Crippen LogP contribution in [0, 0.1) is 10.1 Å². The number of non-ortho nitro benzene ring substituents is 1. The van der Waals surface area contributed by atoms with Gasteiger partial charge in [-0.2, -0.15) is 0 Å². The molecule has 0 aromatic heterocycles. The summed E-state index contributed by atoms with van der Waals surface area (Å²) in [7, 11) is 0. The third kappa shape index (κ3) is 4.30. The molecule has 1 saturated carbocycles. The van der Waals surface area contributed by atoms with Crippen molar-refractivity contribution in [2.45, 2.75) is 44.3 Å². The maximum Gasteiger partial charge on any atom is 0.270 e. The highest BCUT2D eigenvalue weighted by molar-refractivity contribution is 6.00. The molecule has 1 fully saturated rings. The van der Waals surface area contributed by atoms with Gasteiger partial charge in [0.15, 0.2) is 11.5 Å². The minimum Gasteiger partial charge on any atom is -0.454 e. The van der Waals surface area contributed by atoms with Crippen LogP contribution < -0.4 is 25.8 Å². The number of nitro benzene ring substituents is 1. The normalized spacial score (nSPS) is 19.9. The summed E-state index contributed by atoms with van der Waals surface area (Å²) >= 11 is 0. The summed E-state index contributed by atoms with van der Waals surface area (Å²) in [5.74, 6) is 0.896. The van der Waals surface area contributed by atoms with Crippen molar-refractivity contribution in [3.63, 3.8) is 0 Å². The van der Waals surface area contributed by atoms with E-state index in [0.717, 1.165) is 31.2 Å². The minimum atomic E-state index is -0.509. The van der Waals surface area contributed by atoms with Gasteiger partial charge in [-0.3, -0.25) is 14.9 Å². The van der Waals surface area contributed by atoms with Crippen LogP contribution >= 0.6 is 0 Å². The van der Waals surface area contributed by atoms with Gasteiger partial charge in [-0.25, -0.2) is 0 Å². The third-order valence-corrected chi connectivity index (χ3v) is 5.51. The molecule has 2 unspecified atom stereocenters. The molecule has 1 amide bonds. The topological polar surface area (TPSA) is 129 Å². The van der Waals surface area contributed by atoms with Gasteiger partial charge < -0.3 is 25.8 Å². The molecule has 0 saturated heterocycles. The van der Waals surface area contributed by atoms with Gasteiger partial charge >= 0.3 is 0 Å². The van der Waals surface area contributed by atoms with Crippen LogP contribution in [0.5, 0.6) is 11.5 Å². The number of anilines is 1. The van der Waals surface area contributed by atoms with Gasteiger partial charge in [0.1, 0.15) is 0 Å². The number of nitro groups is 1. The Morgan fingerprint density at radius 1 is 1.13 bits per heavy atom. The highest BCUT2D eigenvalue weighted by Gasteiger charge is 2.24. The van der Waals surface area contributed by atoms with E-state index in [2.05, 4.69) is 10.6 Å². The fourth-order valence-electron chi connectivity index (χ4n) is 3.83. The van der Waals surface area contributed by atoms with Gasteiger partial charge in [0.05, 0.1) is 10.5 Å². The molecule has 158 valence electrons. The summed E-state index contributed by atoms with van der Waals surface area (Å²) in [6.07, 6.45) is 3.96. The van der Waals surface area contributed by atoms with Crippen molar-refractivity contribution in [3.8, 4) is 11.5 Å². The fraction of sp³-hybridized carbons (Fsp3) is 0.381. The Balaban J connectivity index is 1.52. The molecule has 0 radical (unpaired) electrons. The summed E-state index contributed by atoms with van der Waals surface area (Å²) in [5.41, 5.74) is 7.69. The molecule has 0 spiro atoms. The van der Waals surface area contributed by atoms with Crippen molar-refractivity contribution in [1.82, 2.24) is 5.32 Å². The van der Waals surface area contributed by atoms with Crippen LogP contribution in [0.15, 0.2) is 36.4 Å². The van der Waals surface area contributed by atoms with E-state index in [1.165, 1.54) is 12.1 Å². The Bertz CT molecular complexity index is 964. The molecule has 30 heavy (non-hydrogen) atoms. The predicted molar refractivity (Wildman–Crippen MR) is 111 cm³/mol. The smallest absolute Gasteiger partial charge is 0.270 e. The second-order valence-corrected chi connectivity index (χ2v) is 7.56. The van der Waals surface area contributed by atoms with E-state index in [4.69, 9.17) is 15.2 Å². The number of nitrogens with one attached hydrogen (secondary N) is 2. The number of fused-ring (bicyclic) bond motifs is 1. The zero-order valence-corrected chi connectivity index (χ0v) is 16.4. The first-order valence-electron chi connectivity index (χ1n) is 9.98. The zero-order chi connectivity index (χ0) is 21.1. The van der Waals surface area contributed by atoms with Gasteiger partial charge in [0.2, 0.25) is 6.79 Å². The van der Waals surface area contributed by atoms with Crippen molar-refractivity contribution in [3.05, 3.63) is 57.6 Å². The number of benzene rings is 2. The number of nitrogens with zero attached hydrogens (tertiary/aromatic N) is 1. The van der Waals surface area contributed by atoms with Crippen molar-refractivity contribution < 1.29 is 19.2 Å². The lowest BCUT2D eigenvalue weighted by atomic mass is 9.90. The molecule has 1 aliphatic heterocycles. The van der Waals surface area contributed by atoms with E-state index in [0.29, 0.717) is 17.2 Å². The molecule has 1 heterocycles. The van der Waals surface area contributed by atoms with E-state index in [1.54, 1.807) is 18.2 Å². The number of carbonyl (C=O) groups excluding carboxylic acids is 1. The first kappa shape index (κ1) is 20.0. The lowest BCUT2D eigenvalue weighted by Crippen LogP contribution is -2.43. The summed E-state index contributed by atoms with van der Waals surface area (Å²) < 4.78 is 10.6. The average Bonchev–Trinajstić information content (AvgIpc) is 3.21. The van der Waals surface area contributed by atoms with Crippen LogP contribution in [0.2, 0.25) is 0 Å². The lowest BCUT2D eigenvalue weighted by molar-refractivity contribution is -0.384. The standard InChI is InChI=1S/C21H24N4O5/c22-16-3-1-2-4-18(16)24-17-7-6-14(25(27)28)10-15(17)21(26)23-11-13-5-8-19-20(9-13)30-12-29-19/h5-10,16,18,24H,1-4,11-12,22H2,(H,23,26). The average molecular weight is 412 g/mol. The van der Waals surface area contributed by atoms with Gasteiger partial charge in [-0.15, -0.1) is 0 Å². The van der Waals surface area contributed by atoms with Crippen LogP contribution in [-0.2, 0) is 6.54 Å². The summed E-state index contributed by atoms with van der Waals surface area (Å²) in [6, 6.07) is 9.71. The summed E-state index contributed by atoms with van der Waals surface area (Å²) in [5, 5.41) is 17.4. The van der Waals surface area contributed by atoms with Gasteiger partial charge in [-0.1, -0.05) is 18.9 Å². The van der Waals surface area contributed by atoms with Crippen molar-refractivity contribution in [2.75, 3.05) is 12.1 Å². The third-order valence-electron chi connectivity index (χ3n) is 5.51. The molecular formula is C21H24N4O5. The molecule has 2 aromatic rings. The molecular weight excluding hydrogens is 388 g/mol. The van der Waals surface area contributed by atoms with E-state index in [-0.39, 0.29) is 36.7 Å². The van der Waals surface area contributed by atoms with Crippen LogP contribution in [-0.4, -0.2) is 29.7 Å². The number of nitrogens with two attached hydrogens (primary N) is 1. The van der Waals surface area contributed by atoms with E-state index >= 15 is 0 Å². The number of rotatable bonds is 6. The van der Waals surface area contributed by atoms with E-state index < -0.39 is 10.8 Å². The van der Waals surface area contributed by atoms with Crippen LogP contribution in [0.3, 0.4) is 0 Å². The van der Waals surface area contributed by atoms with Crippen LogP contribution in [0.25, 0.3) is 0 Å². The Morgan fingerprint density at radius 3 is 2.73 bits per heavy atom. The summed E-state index contributed by atoms with van der Waals surface area (Å²) in [4.78, 5) is 23.6. The van der Waals surface area contributed by atoms with Crippen molar-refractivity contribution in [2.24, 2.45) is 5.73 Å². The second kappa shape index (κ2) is 8.58. The monoisotopic (exact) mass is 412 g/mol. The number of hydrogen-bond acceptors (Lipinski definition) is 7. The first-order chi connectivity index (χ1) is 14.5. The molecule has 1 aliphatic carbocycles. The van der Waals surface area contributed by atoms with Gasteiger partial charge in [0, 0.05) is 36.4 Å². The van der Waals surface area contributed by atoms with E-state index in [9.17, 15) is 14.9 Å². The SMILES string of the molecule is NC1CCCCC1Nc1ccc([N+](=O)[O-])cc1C(=O)NCc1ccc2c(c1)OCO2. The molecule has 9 heteroatoms. The highest BCUT2D eigenvalue weighted by atomic mass is 16.7. The Labute approximate surface area is 173 Å². The first-order valence-corrected chi connectivity index (χ1v) is 9.98. The number of ether oxygens (including phenoxy) is 2. The molecule has 4 rings (SSSR count). The van der Waals surface area contributed by atoms with Gasteiger partial charge in [-0.05, 0) is 36.6 Å². The predicted octanol–water partition coefficient (Wildman–Crippen LogP) is 2.94. The molecule has 2 aromatic carbocycles. The zero-order valence-electron chi connectivity index (χ0n) is 16.4. The highest BCUT2D eigenvalue weighted by Crippen LogP contribution is 2.32. The van der Waals surface area contributed by atoms with E-state index in [1.807, 2.05) is 6.07 Å². The quantitative estimate of drug-likeness (QED) is 0.491. The van der Waals surface area contributed by atoms with Crippen molar-refractivity contribution >= 4 is 17.3 Å². The van der Waals surface area contributed by atoms with Crippen LogP contribution in [0.1, 0.15) is 41.6 Å². The summed E-state index contributed by atoms with van der Waals surface area (Å²) in [6.45, 7) is 0.428. The van der Waals surface area contributed by atoms with Crippen molar-refractivity contribution in [1.29, 1.82) is 0 Å². The Morgan fingerprint density at radius 2 is 1.93 bits per heavy atom. The van der Waals surface area contributed by atoms with Crippen LogP contribution in [0.4, 0.5) is 11.4 Å². The maximum atomic E-state index is 12.9. The Hall–Kier alpha value is -3.33. The van der Waals surface area contributed by atoms with Gasteiger partial charge in [0.25, 0.3) is 11.6 Å². The number of carbonyl (C=O) groups is 1. The minimum absolute atomic E-state index is 0.0153. The lowest BCUT2D eigenvalue weighted by Gasteiger charge is -2.30. The molecule has 2 aliphatic rings. The Kier molecular flexibility index (Phi) is 5.71. The number of amides is 1. The molecule has 4 N–H and O–H groups in total. The molecule has 9 nitrogen and oxygen atoms in total.